The Bertz CT molecular complexity index is 1480. The third-order valence-electron chi connectivity index (χ3n) is 7.31. The van der Waals surface area contributed by atoms with Gasteiger partial charge in [0, 0.05) is 41.7 Å². The normalized spacial score (nSPS) is 19.1. The van der Waals surface area contributed by atoms with Gasteiger partial charge in [0.1, 0.15) is 17.1 Å². The van der Waals surface area contributed by atoms with E-state index in [1.807, 2.05) is 35.1 Å². The molecule has 2 saturated heterocycles. The van der Waals surface area contributed by atoms with Crippen LogP contribution in [0.3, 0.4) is 0 Å². The second-order valence-electron chi connectivity index (χ2n) is 9.45. The minimum Gasteiger partial charge on any atom is -0.496 e. The molecule has 0 aliphatic carbocycles. The van der Waals surface area contributed by atoms with Crippen molar-refractivity contribution in [2.45, 2.75) is 42.4 Å². The molecule has 4 aromatic rings. The summed E-state index contributed by atoms with van der Waals surface area (Å²) in [5, 5.41) is 5.76. The van der Waals surface area contributed by atoms with Crippen LogP contribution in [0, 0.1) is 5.41 Å². The number of aromatic nitrogens is 6. The number of fused-ring (bicyclic) bond motifs is 1. The minimum absolute atomic E-state index is 0.0261. The zero-order valence-electron chi connectivity index (χ0n) is 20.5. The summed E-state index contributed by atoms with van der Waals surface area (Å²) in [4.78, 5) is 21.6. The fourth-order valence-electron chi connectivity index (χ4n) is 4.96. The second kappa shape index (κ2) is 9.59. The van der Waals surface area contributed by atoms with E-state index in [9.17, 15) is 0 Å². The summed E-state index contributed by atoms with van der Waals surface area (Å²) >= 11 is 8.15. The third-order valence-corrected chi connectivity index (χ3v) is 8.76. The predicted molar refractivity (Wildman–Crippen MR) is 145 cm³/mol. The van der Waals surface area contributed by atoms with Crippen LogP contribution in [-0.4, -0.2) is 55.5 Å². The van der Waals surface area contributed by atoms with Crippen LogP contribution in [0.5, 0.6) is 0 Å². The van der Waals surface area contributed by atoms with Gasteiger partial charge in [0.25, 0.3) is 0 Å². The van der Waals surface area contributed by atoms with Crippen LogP contribution in [0.1, 0.15) is 19.8 Å². The second-order valence-corrected chi connectivity index (χ2v) is 10.8. The molecule has 0 unspecified atom stereocenters. The Balaban J connectivity index is 1.19. The molecule has 2 aliphatic rings. The van der Waals surface area contributed by atoms with E-state index < -0.39 is 0 Å². The van der Waals surface area contributed by atoms with E-state index in [4.69, 9.17) is 27.1 Å². The van der Waals surface area contributed by atoms with Crippen molar-refractivity contribution in [3.05, 3.63) is 60.2 Å². The van der Waals surface area contributed by atoms with Gasteiger partial charge in [-0.3, -0.25) is 4.68 Å². The van der Waals surface area contributed by atoms with E-state index in [0.29, 0.717) is 33.7 Å². The summed E-state index contributed by atoms with van der Waals surface area (Å²) in [5.41, 5.74) is 9.26. The van der Waals surface area contributed by atoms with Crippen LogP contribution in [-0.2, 0) is 11.3 Å². The SMILES string of the molecule is C=C1OCC2(CCN(c3cnc4nc(Sc5cccc(-c6ccn(CC)n6)c5Cl)ncc4n3)CC2)[C@@H]1N. The fourth-order valence-corrected chi connectivity index (χ4v) is 6.08. The standard InChI is InChI=1S/C26H27ClN8OS/c1-3-35-10-7-18(33-35)17-5-4-6-20(22(17)27)37-25-30-13-19-24(32-25)29-14-21(31-19)34-11-8-26(9-12-34)15-36-16(2)23(26)28/h4-7,10,13-14,23H,2-3,8-9,11-12,15,28H2,1H3/t23-/m1/s1. The quantitative estimate of drug-likeness (QED) is 0.368. The number of rotatable bonds is 5. The lowest BCUT2D eigenvalue weighted by molar-refractivity contribution is 0.146. The molecule has 190 valence electrons. The number of nitrogens with two attached hydrogens (primary N) is 1. The van der Waals surface area contributed by atoms with Crippen LogP contribution in [0.25, 0.3) is 22.4 Å². The molecule has 2 aliphatic heterocycles. The van der Waals surface area contributed by atoms with Crippen LogP contribution in [0.15, 0.2) is 65.2 Å². The molecule has 9 nitrogen and oxygen atoms in total. The number of anilines is 1. The van der Waals surface area contributed by atoms with E-state index in [-0.39, 0.29) is 11.5 Å². The highest BCUT2D eigenvalue weighted by Gasteiger charge is 2.47. The largest absolute Gasteiger partial charge is 0.496 e. The lowest BCUT2D eigenvalue weighted by Gasteiger charge is -2.40. The lowest BCUT2D eigenvalue weighted by Crippen LogP contribution is -2.48. The maximum Gasteiger partial charge on any atom is 0.194 e. The van der Waals surface area contributed by atoms with Gasteiger partial charge >= 0.3 is 0 Å². The van der Waals surface area contributed by atoms with Crippen molar-refractivity contribution in [1.82, 2.24) is 29.7 Å². The van der Waals surface area contributed by atoms with E-state index in [1.54, 1.807) is 12.4 Å². The Morgan fingerprint density at radius 2 is 2.03 bits per heavy atom. The molecule has 0 saturated carbocycles. The minimum atomic E-state index is -0.107. The van der Waals surface area contributed by atoms with Crippen LogP contribution in [0.2, 0.25) is 5.02 Å². The van der Waals surface area contributed by atoms with Crippen molar-refractivity contribution in [1.29, 1.82) is 0 Å². The van der Waals surface area contributed by atoms with Crippen LogP contribution < -0.4 is 10.6 Å². The molecule has 2 N–H and O–H groups in total. The monoisotopic (exact) mass is 534 g/mol. The van der Waals surface area contributed by atoms with Crippen molar-refractivity contribution < 1.29 is 4.74 Å². The third kappa shape index (κ3) is 4.43. The number of hydrogen-bond acceptors (Lipinski definition) is 9. The molecule has 11 heteroatoms. The van der Waals surface area contributed by atoms with Gasteiger partial charge in [0.2, 0.25) is 0 Å². The fraction of sp³-hybridized carbons (Fsp3) is 0.346. The topological polar surface area (TPSA) is 108 Å². The van der Waals surface area contributed by atoms with E-state index in [2.05, 4.69) is 38.5 Å². The van der Waals surface area contributed by atoms with Crippen molar-refractivity contribution in [3.63, 3.8) is 0 Å². The van der Waals surface area contributed by atoms with Crippen molar-refractivity contribution in [3.8, 4) is 11.3 Å². The number of hydrogen-bond donors (Lipinski definition) is 1. The first-order valence-electron chi connectivity index (χ1n) is 12.3. The highest BCUT2D eigenvalue weighted by Crippen LogP contribution is 2.43. The number of benzene rings is 1. The summed E-state index contributed by atoms with van der Waals surface area (Å²) in [5.74, 6) is 1.52. The maximum atomic E-state index is 6.75. The predicted octanol–water partition coefficient (Wildman–Crippen LogP) is 4.57. The summed E-state index contributed by atoms with van der Waals surface area (Å²) in [6, 6.07) is 7.74. The first-order chi connectivity index (χ1) is 18.0. The van der Waals surface area contributed by atoms with E-state index in [1.165, 1.54) is 11.8 Å². The smallest absolute Gasteiger partial charge is 0.194 e. The molecule has 6 rings (SSSR count). The van der Waals surface area contributed by atoms with Crippen molar-refractivity contribution in [2.75, 3.05) is 24.6 Å². The molecular weight excluding hydrogens is 508 g/mol. The Kier molecular flexibility index (Phi) is 6.26. The molecule has 1 spiro atoms. The zero-order chi connectivity index (χ0) is 25.6. The average Bonchev–Trinajstić information content (AvgIpc) is 3.51. The Morgan fingerprint density at radius 3 is 2.76 bits per heavy atom. The first-order valence-corrected chi connectivity index (χ1v) is 13.5. The molecule has 0 amide bonds. The van der Waals surface area contributed by atoms with Gasteiger partial charge in [0.05, 0.1) is 35.8 Å². The number of aryl methyl sites for hydroxylation is 1. The van der Waals surface area contributed by atoms with Gasteiger partial charge in [-0.2, -0.15) is 5.10 Å². The number of nitrogens with zero attached hydrogens (tertiary/aromatic N) is 7. The molecule has 37 heavy (non-hydrogen) atoms. The van der Waals surface area contributed by atoms with Crippen molar-refractivity contribution >= 4 is 40.3 Å². The zero-order valence-corrected chi connectivity index (χ0v) is 22.0. The Labute approximate surface area is 224 Å². The maximum absolute atomic E-state index is 6.75. The summed E-state index contributed by atoms with van der Waals surface area (Å²) in [6.07, 6.45) is 7.30. The first kappa shape index (κ1) is 24.1. The molecule has 1 aromatic carbocycles. The highest BCUT2D eigenvalue weighted by atomic mass is 35.5. The van der Waals surface area contributed by atoms with E-state index in [0.717, 1.165) is 54.4 Å². The number of halogens is 1. The summed E-state index contributed by atoms with van der Waals surface area (Å²) < 4.78 is 7.53. The highest BCUT2D eigenvalue weighted by molar-refractivity contribution is 7.99. The molecule has 0 bridgehead atoms. The average molecular weight is 535 g/mol. The van der Waals surface area contributed by atoms with Crippen molar-refractivity contribution in [2.24, 2.45) is 11.1 Å². The molecule has 0 radical (unpaired) electrons. The van der Waals surface area contributed by atoms with Crippen LogP contribution in [0.4, 0.5) is 5.82 Å². The summed E-state index contributed by atoms with van der Waals surface area (Å²) in [6.45, 7) is 9.12. The van der Waals surface area contributed by atoms with Gasteiger partial charge in [-0.05, 0) is 43.7 Å². The molecular formula is C26H27ClN8OS. The van der Waals surface area contributed by atoms with Gasteiger partial charge in [-0.15, -0.1) is 0 Å². The molecule has 5 heterocycles. The van der Waals surface area contributed by atoms with Gasteiger partial charge < -0.3 is 15.4 Å². The Morgan fingerprint density at radius 1 is 1.19 bits per heavy atom. The van der Waals surface area contributed by atoms with Gasteiger partial charge in [-0.1, -0.05) is 30.3 Å². The Hall–Kier alpha value is -3.21. The number of ether oxygens (including phenoxy) is 1. The lowest BCUT2D eigenvalue weighted by atomic mass is 9.74. The van der Waals surface area contributed by atoms with Crippen LogP contribution >= 0.6 is 23.4 Å². The molecule has 2 fully saturated rings. The molecule has 1 atom stereocenters. The summed E-state index contributed by atoms with van der Waals surface area (Å²) in [7, 11) is 0. The van der Waals surface area contributed by atoms with Gasteiger partial charge in [0.15, 0.2) is 10.8 Å². The van der Waals surface area contributed by atoms with E-state index >= 15 is 0 Å². The van der Waals surface area contributed by atoms with Gasteiger partial charge in [-0.25, -0.2) is 19.9 Å². The number of piperidine rings is 1. The molecule has 3 aromatic heterocycles.